The third-order valence-electron chi connectivity index (χ3n) is 6.76. The van der Waals surface area contributed by atoms with E-state index >= 15 is 0 Å². The largest absolute Gasteiger partial charge is 0.481 e. The van der Waals surface area contributed by atoms with Crippen LogP contribution >= 0.6 is 11.3 Å². The van der Waals surface area contributed by atoms with Gasteiger partial charge in [0.1, 0.15) is 0 Å². The first-order valence-electron chi connectivity index (χ1n) is 9.49. The summed E-state index contributed by atoms with van der Waals surface area (Å²) in [4.78, 5) is 16.3. The fourth-order valence-electron chi connectivity index (χ4n) is 5.07. The molecule has 3 saturated carbocycles. The second-order valence-corrected chi connectivity index (χ2v) is 9.80. The van der Waals surface area contributed by atoms with E-state index in [1.54, 1.807) is 11.3 Å². The van der Waals surface area contributed by atoms with Gasteiger partial charge in [-0.25, -0.2) is 0 Å². The van der Waals surface area contributed by atoms with E-state index in [1.165, 1.54) is 6.42 Å². The molecule has 5 atom stereocenters. The van der Waals surface area contributed by atoms with Crippen LogP contribution < -0.4 is 5.32 Å². The highest BCUT2D eigenvalue weighted by atomic mass is 32.1. The Balaban J connectivity index is 1.46. The van der Waals surface area contributed by atoms with E-state index in [-0.39, 0.29) is 29.6 Å². The number of hydrogen-bond donors (Lipinski definition) is 1. The minimum atomic E-state index is -0.590. The van der Waals surface area contributed by atoms with Crippen LogP contribution in [0, 0.1) is 17.3 Å². The lowest BCUT2D eigenvalue weighted by Gasteiger charge is -2.63. The number of nitrogens with one attached hydrogen (secondary N) is 1. The van der Waals surface area contributed by atoms with Crippen LogP contribution in [0.25, 0.3) is 10.4 Å². The summed E-state index contributed by atoms with van der Waals surface area (Å²) in [7, 11) is -0.590. The summed E-state index contributed by atoms with van der Waals surface area (Å²) >= 11 is 1.54. The van der Waals surface area contributed by atoms with Crippen molar-refractivity contribution in [3.05, 3.63) is 32.8 Å². The van der Waals surface area contributed by atoms with Crippen LogP contribution in [-0.4, -0.2) is 37.2 Å². The monoisotopic (exact) mass is 388 g/mol. The number of carbonyl (C=O) groups excluding carboxylic acids is 1. The molecule has 2 heterocycles. The van der Waals surface area contributed by atoms with Crippen molar-refractivity contribution in [3.8, 4) is 0 Å². The van der Waals surface area contributed by atoms with Crippen LogP contribution in [0.2, 0.25) is 0 Å². The zero-order chi connectivity index (χ0) is 19.2. The van der Waals surface area contributed by atoms with E-state index in [2.05, 4.69) is 36.1 Å². The molecule has 1 saturated heterocycles. The topological polar surface area (TPSA) is 96.3 Å². The van der Waals surface area contributed by atoms with Gasteiger partial charge in [-0.2, -0.15) is 0 Å². The molecule has 1 unspecified atom stereocenters. The molecule has 1 N–H and O–H groups in total. The van der Waals surface area contributed by atoms with E-state index < -0.39 is 13.1 Å². The van der Waals surface area contributed by atoms with E-state index in [0.29, 0.717) is 18.3 Å². The van der Waals surface area contributed by atoms with Gasteiger partial charge in [-0.3, -0.25) is 4.79 Å². The summed E-state index contributed by atoms with van der Waals surface area (Å²) in [5.41, 5.74) is 8.68. The molecule has 0 radical (unpaired) electrons. The Morgan fingerprint density at radius 1 is 1.56 bits per heavy atom. The average Bonchev–Trinajstić information content (AvgIpc) is 3.24. The summed E-state index contributed by atoms with van der Waals surface area (Å²) in [6.45, 7) is 6.84. The van der Waals surface area contributed by atoms with Crippen molar-refractivity contribution >= 4 is 24.4 Å². The summed E-state index contributed by atoms with van der Waals surface area (Å²) in [5.74, 6) is 0.506. The third-order valence-corrected chi connectivity index (χ3v) is 7.64. The van der Waals surface area contributed by atoms with Gasteiger partial charge in [0.25, 0.3) is 0 Å². The average molecular weight is 388 g/mol. The first-order valence-corrected chi connectivity index (χ1v) is 10.4. The first-order chi connectivity index (χ1) is 12.8. The lowest BCUT2D eigenvalue weighted by Crippen LogP contribution is -2.63. The van der Waals surface area contributed by atoms with E-state index in [0.717, 1.165) is 11.3 Å². The molecule has 144 valence electrons. The van der Waals surface area contributed by atoms with Crippen LogP contribution in [-0.2, 0) is 20.5 Å². The zero-order valence-electron chi connectivity index (χ0n) is 15.9. The summed E-state index contributed by atoms with van der Waals surface area (Å²) < 4.78 is 12.7. The van der Waals surface area contributed by atoms with E-state index in [9.17, 15) is 4.79 Å². The SMILES string of the molecule is CC1(C)[C@@H]2C[C@H]1C1OB([C@@H](CN=[N+]=[N-])NC(=O)Cc3cccs3)O[C@@]1(C)C2. The molecule has 4 fully saturated rings. The molecular weight excluding hydrogens is 363 g/mol. The maximum Gasteiger partial charge on any atom is 0.481 e. The Labute approximate surface area is 163 Å². The fraction of sp³-hybridized carbons (Fsp3) is 0.722. The molecule has 1 amide bonds. The van der Waals surface area contributed by atoms with Gasteiger partial charge in [-0.15, -0.1) is 11.3 Å². The van der Waals surface area contributed by atoms with Crippen LogP contribution in [0.3, 0.4) is 0 Å². The smallest absolute Gasteiger partial charge is 0.404 e. The minimum Gasteiger partial charge on any atom is -0.404 e. The lowest BCUT2D eigenvalue weighted by molar-refractivity contribution is -0.185. The first kappa shape index (κ1) is 18.8. The van der Waals surface area contributed by atoms with Gasteiger partial charge in [-0.1, -0.05) is 25.0 Å². The van der Waals surface area contributed by atoms with Gasteiger partial charge in [0.05, 0.1) is 24.1 Å². The maximum absolute atomic E-state index is 12.5. The Morgan fingerprint density at radius 2 is 2.37 bits per heavy atom. The molecule has 1 aromatic heterocycles. The summed E-state index contributed by atoms with van der Waals surface area (Å²) in [6, 6.07) is 3.85. The number of rotatable bonds is 6. The number of amides is 1. The Bertz CT molecular complexity index is 767. The van der Waals surface area contributed by atoms with Gasteiger partial charge in [0, 0.05) is 16.3 Å². The molecule has 0 aromatic carbocycles. The molecule has 1 aliphatic heterocycles. The molecular formula is C18H25BN4O3S. The van der Waals surface area contributed by atoms with Crippen molar-refractivity contribution in [2.75, 3.05) is 6.54 Å². The molecule has 1 aromatic rings. The molecule has 7 nitrogen and oxygen atoms in total. The van der Waals surface area contributed by atoms with Gasteiger partial charge in [-0.05, 0) is 54.0 Å². The van der Waals surface area contributed by atoms with Crippen molar-refractivity contribution in [1.82, 2.24) is 5.32 Å². The lowest BCUT2D eigenvalue weighted by atomic mass is 9.45. The van der Waals surface area contributed by atoms with Gasteiger partial charge < -0.3 is 14.6 Å². The van der Waals surface area contributed by atoms with Crippen LogP contribution in [0.4, 0.5) is 0 Å². The predicted molar refractivity (Wildman–Crippen MR) is 104 cm³/mol. The molecule has 9 heteroatoms. The molecule has 27 heavy (non-hydrogen) atoms. The number of thiophene rings is 1. The number of nitrogens with zero attached hydrogens (tertiary/aromatic N) is 3. The van der Waals surface area contributed by atoms with Crippen LogP contribution in [0.5, 0.6) is 0 Å². The number of azide groups is 1. The highest BCUT2D eigenvalue weighted by Gasteiger charge is 2.67. The highest BCUT2D eigenvalue weighted by Crippen LogP contribution is 2.64. The molecule has 4 aliphatic rings. The van der Waals surface area contributed by atoms with Crippen molar-refractivity contribution < 1.29 is 14.1 Å². The molecule has 5 rings (SSSR count). The van der Waals surface area contributed by atoms with Crippen molar-refractivity contribution in [3.63, 3.8) is 0 Å². The quantitative estimate of drug-likeness (QED) is 0.350. The van der Waals surface area contributed by atoms with Crippen molar-refractivity contribution in [1.29, 1.82) is 0 Å². The second-order valence-electron chi connectivity index (χ2n) is 8.76. The van der Waals surface area contributed by atoms with Gasteiger partial charge in [0.15, 0.2) is 0 Å². The van der Waals surface area contributed by atoms with Gasteiger partial charge in [0.2, 0.25) is 5.91 Å². The normalized spacial score (nSPS) is 34.2. The number of hydrogen-bond acceptors (Lipinski definition) is 5. The van der Waals surface area contributed by atoms with Crippen LogP contribution in [0.15, 0.2) is 22.6 Å². The summed E-state index contributed by atoms with van der Waals surface area (Å²) in [5, 5.41) is 8.58. The van der Waals surface area contributed by atoms with E-state index in [1.807, 2.05) is 17.5 Å². The van der Waals surface area contributed by atoms with E-state index in [4.69, 9.17) is 14.8 Å². The third kappa shape index (κ3) is 3.27. The standard InChI is InChI=1S/C18H25BN4O3S/c1-17(2)11-7-13(17)16-18(3,9-11)26-19(25-16)14(10-21-23-20)22-15(24)8-12-5-4-6-27-12/h4-6,11,13-14,16H,7-10H2,1-3H3,(H,22,24)/t11-,13+,14-,16?,18+/m1/s1. The second kappa shape index (κ2) is 6.81. The predicted octanol–water partition coefficient (Wildman–Crippen LogP) is 3.35. The van der Waals surface area contributed by atoms with Crippen molar-refractivity contribution in [2.24, 2.45) is 22.4 Å². The van der Waals surface area contributed by atoms with Crippen LogP contribution in [0.1, 0.15) is 38.5 Å². The van der Waals surface area contributed by atoms with Gasteiger partial charge >= 0.3 is 7.12 Å². The minimum absolute atomic E-state index is 0.0188. The molecule has 0 spiro atoms. The molecule has 3 aliphatic carbocycles. The van der Waals surface area contributed by atoms with Crippen molar-refractivity contribution in [2.45, 2.75) is 57.7 Å². The zero-order valence-corrected chi connectivity index (χ0v) is 16.7. The maximum atomic E-state index is 12.5. The fourth-order valence-corrected chi connectivity index (χ4v) is 5.77. The molecule has 2 bridgehead atoms. The Morgan fingerprint density at radius 3 is 3.04 bits per heavy atom. The summed E-state index contributed by atoms with van der Waals surface area (Å²) in [6.07, 6.45) is 2.46. The Hall–Kier alpha value is -1.54. The Kier molecular flexibility index (Phi) is 4.75. The highest BCUT2D eigenvalue weighted by molar-refractivity contribution is 7.10. The number of carbonyl (C=O) groups is 1.